The Balaban J connectivity index is 1.53. The van der Waals surface area contributed by atoms with Crippen molar-refractivity contribution in [2.45, 2.75) is 117 Å². The van der Waals surface area contributed by atoms with Crippen molar-refractivity contribution >= 4 is 0 Å². The van der Waals surface area contributed by atoms with E-state index in [-0.39, 0.29) is 39.6 Å². The molecule has 5 aliphatic carbocycles. The first kappa shape index (κ1) is 25.1. The van der Waals surface area contributed by atoms with Gasteiger partial charge in [-0.15, -0.1) is 0 Å². The molecule has 1 aromatic heterocycles. The summed E-state index contributed by atoms with van der Waals surface area (Å²) in [6.45, 7) is 16.3. The van der Waals surface area contributed by atoms with Gasteiger partial charge < -0.3 is 19.8 Å². The Morgan fingerprint density at radius 2 is 1.67 bits per heavy atom. The maximum Gasteiger partial charge on any atom is 0.145 e. The molecule has 3 N–H and O–H groups in total. The van der Waals surface area contributed by atoms with E-state index < -0.39 is 17.1 Å². The third-order valence-corrected chi connectivity index (χ3v) is 13.2. The van der Waals surface area contributed by atoms with E-state index in [1.807, 2.05) is 6.20 Å². The Labute approximate surface area is 216 Å². The van der Waals surface area contributed by atoms with Crippen LogP contribution >= 0.6 is 0 Å². The maximum atomic E-state index is 12.9. The van der Waals surface area contributed by atoms with Crippen LogP contribution in [0.2, 0.25) is 0 Å². The minimum atomic E-state index is -1.26. The van der Waals surface area contributed by atoms with Crippen LogP contribution in [0, 0.1) is 38.9 Å². The molecule has 0 amide bonds. The lowest BCUT2D eigenvalue weighted by molar-refractivity contribution is -0.292. The zero-order valence-corrected chi connectivity index (χ0v) is 23.4. The number of hydrogen-bond acceptors (Lipinski definition) is 5. The molecule has 1 aromatic rings. The third-order valence-electron chi connectivity index (χ3n) is 13.2. The average molecular weight is 498 g/mol. The number of aliphatic hydroxyl groups excluding tert-OH is 2. The summed E-state index contributed by atoms with van der Waals surface area (Å²) in [6.07, 6.45) is 10.5. The largest absolute Gasteiger partial charge is 0.396 e. The number of rotatable bonds is 1. The molecule has 36 heavy (non-hydrogen) atoms. The van der Waals surface area contributed by atoms with Crippen LogP contribution in [-0.4, -0.2) is 38.8 Å². The molecule has 0 aliphatic heterocycles. The van der Waals surface area contributed by atoms with Crippen molar-refractivity contribution in [2.75, 3.05) is 6.61 Å². The summed E-state index contributed by atoms with van der Waals surface area (Å²) in [5.41, 5.74) is 0.0255. The smallest absolute Gasteiger partial charge is 0.145 e. The third kappa shape index (κ3) is 2.66. The van der Waals surface area contributed by atoms with Gasteiger partial charge in [0.1, 0.15) is 17.5 Å². The van der Waals surface area contributed by atoms with Gasteiger partial charge in [-0.1, -0.05) is 65.3 Å². The van der Waals surface area contributed by atoms with Gasteiger partial charge in [0.2, 0.25) is 0 Å². The molecule has 1 heterocycles. The van der Waals surface area contributed by atoms with Crippen molar-refractivity contribution in [2.24, 2.45) is 38.9 Å². The first-order valence-corrected chi connectivity index (χ1v) is 14.3. The van der Waals surface area contributed by atoms with E-state index in [1.54, 1.807) is 0 Å². The summed E-state index contributed by atoms with van der Waals surface area (Å²) >= 11 is 0. The number of aromatic nitrogens is 1. The van der Waals surface area contributed by atoms with Crippen molar-refractivity contribution in [1.29, 1.82) is 0 Å². The van der Waals surface area contributed by atoms with Gasteiger partial charge in [-0.05, 0) is 84.9 Å². The highest BCUT2D eigenvalue weighted by Gasteiger charge is 2.75. The van der Waals surface area contributed by atoms with Gasteiger partial charge in [0.05, 0.1) is 6.20 Å². The molecule has 0 bridgehead atoms. The molecule has 0 aromatic carbocycles. The molecule has 0 saturated heterocycles. The Kier molecular flexibility index (Phi) is 4.93. The van der Waals surface area contributed by atoms with Crippen molar-refractivity contribution in [1.82, 2.24) is 5.16 Å². The second kappa shape index (κ2) is 7.07. The topological polar surface area (TPSA) is 86.7 Å². The number of aliphatic hydroxyl groups is 3. The second-order valence-electron chi connectivity index (χ2n) is 15.5. The van der Waals surface area contributed by atoms with E-state index in [0.29, 0.717) is 5.92 Å². The number of hydrogen-bond donors (Lipinski definition) is 3. The van der Waals surface area contributed by atoms with Crippen LogP contribution in [0.15, 0.2) is 22.4 Å². The van der Waals surface area contributed by atoms with Crippen LogP contribution in [0.3, 0.4) is 0 Å². The molecule has 5 nitrogen and oxygen atoms in total. The fraction of sp³-hybridized carbons (Fsp3) is 0.839. The SMILES string of the molecule is CC1(C)CC[C@]2(CO)CC[C@]3(C)[C@@](O)(C2C1)[C@H](O)C=C1[C@@]2(C)Cc4cnoc4C(C)(C)[C@@H]2CC[C@]13C. The highest BCUT2D eigenvalue weighted by molar-refractivity contribution is 5.44. The zero-order valence-electron chi connectivity index (χ0n) is 23.4. The van der Waals surface area contributed by atoms with Crippen LogP contribution in [0.4, 0.5) is 0 Å². The van der Waals surface area contributed by atoms with E-state index in [2.05, 4.69) is 59.7 Å². The number of allylic oxidation sites excluding steroid dienone is 1. The van der Waals surface area contributed by atoms with Crippen LogP contribution in [-0.2, 0) is 11.8 Å². The Hall–Kier alpha value is -1.17. The molecule has 0 spiro atoms. The first-order chi connectivity index (χ1) is 16.6. The summed E-state index contributed by atoms with van der Waals surface area (Å²) in [6, 6.07) is 0. The predicted octanol–water partition coefficient (Wildman–Crippen LogP) is 5.57. The molecule has 1 unspecified atom stereocenters. The molecule has 3 saturated carbocycles. The average Bonchev–Trinajstić information content (AvgIpc) is 3.27. The van der Waals surface area contributed by atoms with Crippen LogP contribution < -0.4 is 0 Å². The van der Waals surface area contributed by atoms with Crippen LogP contribution in [0.25, 0.3) is 0 Å². The molecule has 8 atom stereocenters. The van der Waals surface area contributed by atoms with Crippen molar-refractivity contribution in [3.05, 3.63) is 29.2 Å². The van der Waals surface area contributed by atoms with E-state index in [9.17, 15) is 15.3 Å². The van der Waals surface area contributed by atoms with Crippen molar-refractivity contribution in [3.8, 4) is 0 Å². The predicted molar refractivity (Wildman–Crippen MR) is 139 cm³/mol. The van der Waals surface area contributed by atoms with Gasteiger partial charge in [0.25, 0.3) is 0 Å². The van der Waals surface area contributed by atoms with Gasteiger partial charge in [0, 0.05) is 23.0 Å². The van der Waals surface area contributed by atoms with Gasteiger partial charge in [0.15, 0.2) is 0 Å². The highest BCUT2D eigenvalue weighted by atomic mass is 16.5. The summed E-state index contributed by atoms with van der Waals surface area (Å²) < 4.78 is 5.79. The molecular weight excluding hydrogens is 450 g/mol. The quantitative estimate of drug-likeness (QED) is 0.442. The lowest BCUT2D eigenvalue weighted by atomic mass is 9.32. The summed E-state index contributed by atoms with van der Waals surface area (Å²) in [5, 5.41) is 39.9. The molecular formula is C31H47NO4. The molecule has 3 fully saturated rings. The highest BCUT2D eigenvalue weighted by Crippen LogP contribution is 2.76. The maximum absolute atomic E-state index is 12.9. The Bertz CT molecular complexity index is 1120. The number of nitrogens with zero attached hydrogens (tertiary/aromatic N) is 1. The summed E-state index contributed by atoms with van der Waals surface area (Å²) in [5.74, 6) is 1.27. The number of fused-ring (bicyclic) bond motifs is 8. The Morgan fingerprint density at radius 3 is 2.36 bits per heavy atom. The molecule has 200 valence electrons. The minimum Gasteiger partial charge on any atom is -0.396 e. The molecule has 0 radical (unpaired) electrons. The summed E-state index contributed by atoms with van der Waals surface area (Å²) in [4.78, 5) is 0. The summed E-state index contributed by atoms with van der Waals surface area (Å²) in [7, 11) is 0. The van der Waals surface area contributed by atoms with Gasteiger partial charge in [-0.25, -0.2) is 0 Å². The fourth-order valence-electron chi connectivity index (χ4n) is 10.9. The van der Waals surface area contributed by atoms with Gasteiger partial charge in [-0.3, -0.25) is 0 Å². The van der Waals surface area contributed by atoms with E-state index in [4.69, 9.17) is 4.52 Å². The lowest BCUT2D eigenvalue weighted by Crippen LogP contribution is -2.75. The van der Waals surface area contributed by atoms with Gasteiger partial charge in [-0.2, -0.15) is 0 Å². The second-order valence-corrected chi connectivity index (χ2v) is 15.5. The fourth-order valence-corrected chi connectivity index (χ4v) is 10.9. The van der Waals surface area contributed by atoms with E-state index in [0.717, 1.165) is 57.1 Å². The monoisotopic (exact) mass is 497 g/mol. The van der Waals surface area contributed by atoms with Gasteiger partial charge >= 0.3 is 0 Å². The Morgan fingerprint density at radius 1 is 0.972 bits per heavy atom. The van der Waals surface area contributed by atoms with Crippen LogP contribution in [0.1, 0.15) is 105 Å². The van der Waals surface area contributed by atoms with E-state index in [1.165, 1.54) is 11.1 Å². The van der Waals surface area contributed by atoms with Crippen molar-refractivity contribution in [3.63, 3.8) is 0 Å². The molecule has 5 aliphatic rings. The van der Waals surface area contributed by atoms with E-state index >= 15 is 0 Å². The minimum absolute atomic E-state index is 0.0870. The zero-order chi connectivity index (χ0) is 26.2. The first-order valence-electron chi connectivity index (χ1n) is 14.3. The lowest BCUT2D eigenvalue weighted by Gasteiger charge is -2.73. The standard InChI is InChI=1S/C31H47NO4/c1-25(2)10-12-30(18-33)13-11-29(7)28(6)9-8-20-26(3,4)24-19(17-32-36-24)15-27(20,5)21(28)14-23(34)31(29,35)22(30)16-25/h14,17,20,22-23,33-35H,8-13,15-16,18H2,1-7H3/t20-,22?,23+,27-,28+,29-,30+,31+/m0/s1. The normalized spacial score (nSPS) is 50.6. The van der Waals surface area contributed by atoms with Crippen molar-refractivity contribution < 1.29 is 19.8 Å². The molecule has 6 rings (SSSR count). The molecule has 5 heteroatoms. The van der Waals surface area contributed by atoms with Crippen LogP contribution in [0.5, 0.6) is 0 Å².